The maximum Gasteiger partial charge on any atom is 0.132 e. The van der Waals surface area contributed by atoms with Crippen molar-refractivity contribution in [1.82, 2.24) is 6.15 Å². The van der Waals surface area contributed by atoms with Gasteiger partial charge in [0.15, 0.2) is 0 Å². The number of carbonyl (C=O) groups is 1. The highest BCUT2D eigenvalue weighted by Gasteiger charge is 2.38. The molecule has 170 valence electrons. The summed E-state index contributed by atoms with van der Waals surface area (Å²) in [7, 11) is 0. The number of Topliss-reactive ketones (excluding diaryl/α,β-unsaturated/α-hetero) is 1. The van der Waals surface area contributed by atoms with Crippen LogP contribution in [0.2, 0.25) is 0 Å². The lowest BCUT2D eigenvalue weighted by Crippen LogP contribution is -2.31. The molecule has 0 aromatic rings. The molecular weight excluding hydrogens is 378 g/mol. The van der Waals surface area contributed by atoms with Gasteiger partial charge in [0.2, 0.25) is 0 Å². The molecule has 1 atom stereocenters. The standard InChI is InChI=1S/C13H23Cl.C13H22O.H3N/c2*1-11(14)12-5-9-13(10-6-12)7-3-2-4-8-13;/h11-12H,2-10H2,1H3;12H,2-10H2,1H3;1H3. The van der Waals surface area contributed by atoms with Crippen LogP contribution in [0, 0.1) is 22.7 Å². The van der Waals surface area contributed by atoms with E-state index in [1.54, 1.807) is 6.92 Å². The highest BCUT2D eigenvalue weighted by Crippen LogP contribution is 2.50. The molecule has 0 amide bonds. The van der Waals surface area contributed by atoms with E-state index in [1.165, 1.54) is 116 Å². The third-order valence-corrected chi connectivity index (χ3v) is 9.55. The number of rotatable bonds is 2. The SMILES string of the molecule is CC(=O)C1CCC2(CCCCC2)CC1.CC(Cl)C1CCC2(CCCCC2)CC1.N. The highest BCUT2D eigenvalue weighted by atomic mass is 35.5. The molecule has 0 aromatic heterocycles. The van der Waals surface area contributed by atoms with Gasteiger partial charge in [0.1, 0.15) is 5.78 Å². The molecule has 2 spiro atoms. The normalized spacial score (nSPS) is 30.0. The summed E-state index contributed by atoms with van der Waals surface area (Å²) in [6.45, 7) is 3.94. The van der Waals surface area contributed by atoms with Crippen LogP contribution >= 0.6 is 11.6 Å². The van der Waals surface area contributed by atoms with Crippen molar-refractivity contribution in [3.63, 3.8) is 0 Å². The molecule has 4 saturated carbocycles. The van der Waals surface area contributed by atoms with Gasteiger partial charge in [-0.05, 0) is 108 Å². The maximum atomic E-state index is 11.3. The molecule has 0 bridgehead atoms. The molecule has 4 aliphatic carbocycles. The summed E-state index contributed by atoms with van der Waals surface area (Å²) in [6.07, 6.45) is 25.4. The van der Waals surface area contributed by atoms with Crippen LogP contribution in [-0.2, 0) is 4.79 Å². The second-order valence-electron chi connectivity index (χ2n) is 11.0. The predicted octanol–water partition coefficient (Wildman–Crippen LogP) is 8.63. The van der Waals surface area contributed by atoms with Gasteiger partial charge in [-0.2, -0.15) is 0 Å². The third-order valence-electron chi connectivity index (χ3n) is 9.19. The van der Waals surface area contributed by atoms with Crippen molar-refractivity contribution in [3.05, 3.63) is 0 Å². The summed E-state index contributed by atoms with van der Waals surface area (Å²) in [4.78, 5) is 11.3. The van der Waals surface area contributed by atoms with Gasteiger partial charge in [0, 0.05) is 11.3 Å². The van der Waals surface area contributed by atoms with E-state index in [2.05, 4.69) is 6.92 Å². The van der Waals surface area contributed by atoms with E-state index >= 15 is 0 Å². The first-order chi connectivity index (χ1) is 13.4. The molecule has 3 heteroatoms. The maximum absolute atomic E-state index is 11.3. The molecule has 0 saturated heterocycles. The topological polar surface area (TPSA) is 52.1 Å². The van der Waals surface area contributed by atoms with E-state index in [4.69, 9.17) is 11.6 Å². The Hall–Kier alpha value is -0.0800. The molecule has 3 N–H and O–H groups in total. The Kier molecular flexibility index (Phi) is 10.00. The Morgan fingerprint density at radius 2 is 1.10 bits per heavy atom. The molecule has 0 radical (unpaired) electrons. The summed E-state index contributed by atoms with van der Waals surface area (Å²) in [5, 5.41) is 0.399. The highest BCUT2D eigenvalue weighted by molar-refractivity contribution is 6.20. The third kappa shape index (κ3) is 6.96. The van der Waals surface area contributed by atoms with Crippen LogP contribution in [0.3, 0.4) is 0 Å². The van der Waals surface area contributed by atoms with Crippen LogP contribution in [0.25, 0.3) is 0 Å². The molecule has 2 nitrogen and oxygen atoms in total. The van der Waals surface area contributed by atoms with Crippen LogP contribution in [0.5, 0.6) is 0 Å². The van der Waals surface area contributed by atoms with Gasteiger partial charge in [-0.3, -0.25) is 4.79 Å². The zero-order valence-corrected chi connectivity index (χ0v) is 20.2. The quantitative estimate of drug-likeness (QED) is 0.450. The van der Waals surface area contributed by atoms with E-state index in [0.717, 1.165) is 11.3 Å². The first kappa shape index (κ1) is 25.2. The van der Waals surface area contributed by atoms with E-state index in [0.29, 0.717) is 22.5 Å². The zero-order valence-electron chi connectivity index (χ0n) is 19.5. The molecule has 0 aromatic carbocycles. The average Bonchev–Trinajstić information content (AvgIpc) is 2.70. The summed E-state index contributed by atoms with van der Waals surface area (Å²) in [5.74, 6) is 1.64. The average molecular weight is 426 g/mol. The summed E-state index contributed by atoms with van der Waals surface area (Å²) < 4.78 is 0. The monoisotopic (exact) mass is 425 g/mol. The summed E-state index contributed by atoms with van der Waals surface area (Å²) >= 11 is 6.18. The van der Waals surface area contributed by atoms with Gasteiger partial charge in [-0.15, -0.1) is 11.6 Å². The second-order valence-corrected chi connectivity index (χ2v) is 11.7. The minimum Gasteiger partial charge on any atom is -0.344 e. The minimum atomic E-state index is 0. The number of hydrogen-bond acceptors (Lipinski definition) is 2. The molecule has 1 unspecified atom stereocenters. The van der Waals surface area contributed by atoms with E-state index in [-0.39, 0.29) is 6.15 Å². The predicted molar refractivity (Wildman–Crippen MR) is 126 cm³/mol. The van der Waals surface area contributed by atoms with Gasteiger partial charge in [-0.25, -0.2) is 0 Å². The van der Waals surface area contributed by atoms with Crippen LogP contribution in [-0.4, -0.2) is 11.2 Å². The van der Waals surface area contributed by atoms with Crippen molar-refractivity contribution < 1.29 is 4.79 Å². The van der Waals surface area contributed by atoms with Gasteiger partial charge in [0.25, 0.3) is 0 Å². The Morgan fingerprint density at radius 3 is 1.45 bits per heavy atom. The van der Waals surface area contributed by atoms with Gasteiger partial charge < -0.3 is 6.15 Å². The van der Waals surface area contributed by atoms with Crippen LogP contribution in [0.15, 0.2) is 0 Å². The molecule has 4 fully saturated rings. The van der Waals surface area contributed by atoms with Gasteiger partial charge in [0.05, 0.1) is 0 Å². The van der Waals surface area contributed by atoms with Crippen LogP contribution in [0.4, 0.5) is 0 Å². The molecular formula is C26H48ClNO. The smallest absolute Gasteiger partial charge is 0.132 e. The summed E-state index contributed by atoms with van der Waals surface area (Å²) in [6, 6.07) is 0. The second kappa shape index (κ2) is 11.5. The molecule has 4 aliphatic rings. The van der Waals surface area contributed by atoms with Crippen molar-refractivity contribution >= 4 is 17.4 Å². The van der Waals surface area contributed by atoms with E-state index in [1.807, 2.05) is 0 Å². The molecule has 29 heavy (non-hydrogen) atoms. The fourth-order valence-electron chi connectivity index (χ4n) is 6.95. The van der Waals surface area contributed by atoms with Crippen molar-refractivity contribution in [2.24, 2.45) is 22.7 Å². The Morgan fingerprint density at radius 1 is 0.724 bits per heavy atom. The lowest BCUT2D eigenvalue weighted by molar-refractivity contribution is -0.122. The first-order valence-corrected chi connectivity index (χ1v) is 13.0. The number of carbonyl (C=O) groups excluding carboxylic acids is 1. The number of ketones is 1. The van der Waals surface area contributed by atoms with E-state index in [9.17, 15) is 4.79 Å². The lowest BCUT2D eigenvalue weighted by Gasteiger charge is -2.43. The summed E-state index contributed by atoms with van der Waals surface area (Å²) in [5.41, 5.74) is 1.44. The number of alkyl halides is 1. The largest absolute Gasteiger partial charge is 0.344 e. The van der Waals surface area contributed by atoms with Gasteiger partial charge in [-0.1, -0.05) is 38.5 Å². The lowest BCUT2D eigenvalue weighted by atomic mass is 9.63. The molecule has 4 rings (SSSR count). The van der Waals surface area contributed by atoms with Gasteiger partial charge >= 0.3 is 0 Å². The van der Waals surface area contributed by atoms with Crippen molar-refractivity contribution in [3.8, 4) is 0 Å². The molecule has 0 heterocycles. The first-order valence-electron chi connectivity index (χ1n) is 12.6. The van der Waals surface area contributed by atoms with E-state index < -0.39 is 0 Å². The molecule has 0 aliphatic heterocycles. The fourth-order valence-corrected chi connectivity index (χ4v) is 7.20. The van der Waals surface area contributed by atoms with Crippen molar-refractivity contribution in [2.45, 2.75) is 135 Å². The van der Waals surface area contributed by atoms with Crippen molar-refractivity contribution in [1.29, 1.82) is 0 Å². The number of halogens is 1. The van der Waals surface area contributed by atoms with Crippen LogP contribution in [0.1, 0.15) is 129 Å². The van der Waals surface area contributed by atoms with Crippen LogP contribution < -0.4 is 6.15 Å². The fraction of sp³-hybridized carbons (Fsp3) is 0.962. The zero-order chi connectivity index (χ0) is 20.0. The Bertz CT molecular complexity index is 471. The number of hydrogen-bond donors (Lipinski definition) is 1. The Labute approximate surface area is 185 Å². The Balaban J connectivity index is 0.000000200. The van der Waals surface area contributed by atoms with Crippen molar-refractivity contribution in [2.75, 3.05) is 0 Å². The minimum absolute atomic E-state index is 0.